The van der Waals surface area contributed by atoms with E-state index < -0.39 is 0 Å². The number of nitrogens with one attached hydrogen (secondary N) is 1. The molecule has 0 aromatic heterocycles. The fraction of sp³-hybridized carbons (Fsp3) is 0.400. The molecule has 14 heavy (non-hydrogen) atoms. The van der Waals surface area contributed by atoms with Crippen LogP contribution in [0.5, 0.6) is 0 Å². The van der Waals surface area contributed by atoms with Crippen molar-refractivity contribution in [1.29, 1.82) is 0 Å². The standard InChI is InChI=1S/C10H12ClFN2/c11-8-5-6-14(7-8)10-3-1-9(13-12)2-4-10/h1-4,8,13H,5-7H2/t8-/m0/s1. The van der Waals surface area contributed by atoms with E-state index in [2.05, 4.69) is 4.90 Å². The number of hydrogen-bond donors (Lipinski definition) is 1. The van der Waals surface area contributed by atoms with E-state index in [0.29, 0.717) is 5.69 Å². The zero-order chi connectivity index (χ0) is 9.97. The Kier molecular flexibility index (Phi) is 2.77. The topological polar surface area (TPSA) is 15.3 Å². The maximum Gasteiger partial charge on any atom is 0.0657 e. The summed E-state index contributed by atoms with van der Waals surface area (Å²) in [4.78, 5) is 2.21. The Morgan fingerprint density at radius 2 is 2.07 bits per heavy atom. The molecule has 1 heterocycles. The Balaban J connectivity index is 2.09. The molecule has 1 fully saturated rings. The molecule has 1 saturated heterocycles. The molecule has 1 aromatic rings. The van der Waals surface area contributed by atoms with Gasteiger partial charge in [-0.15, -0.1) is 16.1 Å². The molecular weight excluding hydrogens is 203 g/mol. The molecule has 1 aliphatic heterocycles. The average molecular weight is 215 g/mol. The molecule has 1 aromatic carbocycles. The van der Waals surface area contributed by atoms with Crippen LogP contribution in [0.1, 0.15) is 6.42 Å². The summed E-state index contributed by atoms with van der Waals surface area (Å²) in [5.74, 6) is 0. The zero-order valence-corrected chi connectivity index (χ0v) is 8.47. The Morgan fingerprint density at radius 1 is 1.36 bits per heavy atom. The number of anilines is 2. The minimum atomic E-state index is 0.244. The number of hydrogen-bond acceptors (Lipinski definition) is 2. The molecule has 2 nitrogen and oxygen atoms in total. The molecule has 76 valence electrons. The second-order valence-electron chi connectivity index (χ2n) is 3.47. The van der Waals surface area contributed by atoms with Crippen molar-refractivity contribution in [3.63, 3.8) is 0 Å². The SMILES string of the molecule is FNc1ccc(N2CC[C@H](Cl)C2)cc1. The molecule has 0 aliphatic carbocycles. The summed E-state index contributed by atoms with van der Waals surface area (Å²) in [7, 11) is 0. The highest BCUT2D eigenvalue weighted by molar-refractivity contribution is 6.21. The van der Waals surface area contributed by atoms with Gasteiger partial charge >= 0.3 is 0 Å². The second kappa shape index (κ2) is 4.05. The van der Waals surface area contributed by atoms with Gasteiger partial charge < -0.3 is 4.90 Å². The van der Waals surface area contributed by atoms with Crippen molar-refractivity contribution in [3.05, 3.63) is 24.3 Å². The number of alkyl halides is 1. The first kappa shape index (κ1) is 9.59. The van der Waals surface area contributed by atoms with Crippen molar-refractivity contribution in [2.24, 2.45) is 0 Å². The number of benzene rings is 1. The third-order valence-electron chi connectivity index (χ3n) is 2.47. The second-order valence-corrected chi connectivity index (χ2v) is 4.09. The zero-order valence-electron chi connectivity index (χ0n) is 7.71. The van der Waals surface area contributed by atoms with Crippen molar-refractivity contribution < 1.29 is 4.48 Å². The van der Waals surface area contributed by atoms with Crippen molar-refractivity contribution in [1.82, 2.24) is 0 Å². The van der Waals surface area contributed by atoms with Crippen molar-refractivity contribution in [3.8, 4) is 0 Å². The molecule has 0 unspecified atom stereocenters. The van der Waals surface area contributed by atoms with E-state index >= 15 is 0 Å². The van der Waals surface area contributed by atoms with Crippen LogP contribution in [0.2, 0.25) is 0 Å². The molecule has 2 rings (SSSR count). The van der Waals surface area contributed by atoms with Gasteiger partial charge in [-0.2, -0.15) is 0 Å². The molecule has 0 radical (unpaired) electrons. The molecule has 1 aliphatic rings. The molecule has 0 saturated carbocycles. The van der Waals surface area contributed by atoms with Crippen molar-refractivity contribution >= 4 is 23.0 Å². The summed E-state index contributed by atoms with van der Waals surface area (Å²) >= 11 is 6.00. The summed E-state index contributed by atoms with van der Waals surface area (Å²) in [5, 5.41) is 0.244. The van der Waals surface area contributed by atoms with Crippen molar-refractivity contribution in [2.75, 3.05) is 23.5 Å². The summed E-state index contributed by atoms with van der Waals surface area (Å²) < 4.78 is 12.0. The van der Waals surface area contributed by atoms with Crippen LogP contribution in [0.3, 0.4) is 0 Å². The first-order valence-electron chi connectivity index (χ1n) is 4.65. The highest BCUT2D eigenvalue weighted by Gasteiger charge is 2.20. The van der Waals surface area contributed by atoms with Crippen LogP contribution < -0.4 is 10.4 Å². The van der Waals surface area contributed by atoms with E-state index in [1.54, 1.807) is 17.7 Å². The van der Waals surface area contributed by atoms with E-state index in [1.165, 1.54) is 0 Å². The fourth-order valence-corrected chi connectivity index (χ4v) is 1.95. The molecule has 0 spiro atoms. The van der Waals surface area contributed by atoms with Crippen LogP contribution in [-0.2, 0) is 0 Å². The number of halogens is 2. The summed E-state index contributed by atoms with van der Waals surface area (Å²) in [6.07, 6.45) is 1.02. The van der Waals surface area contributed by atoms with E-state index in [9.17, 15) is 4.48 Å². The lowest BCUT2D eigenvalue weighted by molar-refractivity contribution is 0.618. The van der Waals surface area contributed by atoms with Crippen LogP contribution in [0.4, 0.5) is 15.9 Å². The average Bonchev–Trinajstić information content (AvgIpc) is 2.65. The third-order valence-corrected chi connectivity index (χ3v) is 2.83. The van der Waals surface area contributed by atoms with E-state index in [0.717, 1.165) is 25.2 Å². The minimum absolute atomic E-state index is 0.244. The highest BCUT2D eigenvalue weighted by Crippen LogP contribution is 2.24. The van der Waals surface area contributed by atoms with Gasteiger partial charge in [0.05, 0.1) is 11.1 Å². The van der Waals surface area contributed by atoms with Gasteiger partial charge in [0.2, 0.25) is 0 Å². The monoisotopic (exact) mass is 214 g/mol. The van der Waals surface area contributed by atoms with E-state index in [-0.39, 0.29) is 5.38 Å². The largest absolute Gasteiger partial charge is 0.370 e. The van der Waals surface area contributed by atoms with Crippen LogP contribution in [-0.4, -0.2) is 18.5 Å². The summed E-state index contributed by atoms with van der Waals surface area (Å²) in [5.41, 5.74) is 3.19. The van der Waals surface area contributed by atoms with Crippen LogP contribution in [0.25, 0.3) is 0 Å². The third kappa shape index (κ3) is 1.93. The first-order valence-corrected chi connectivity index (χ1v) is 5.09. The Labute approximate surface area is 87.6 Å². The predicted molar refractivity (Wildman–Crippen MR) is 57.6 cm³/mol. The molecular formula is C10H12ClFN2. The Morgan fingerprint density at radius 3 is 2.57 bits per heavy atom. The fourth-order valence-electron chi connectivity index (χ4n) is 1.69. The van der Waals surface area contributed by atoms with Gasteiger partial charge in [0, 0.05) is 18.8 Å². The predicted octanol–water partition coefficient (Wildman–Crippen LogP) is 2.80. The maximum atomic E-state index is 12.0. The first-order chi connectivity index (χ1) is 6.79. The lowest BCUT2D eigenvalue weighted by Gasteiger charge is -2.17. The van der Waals surface area contributed by atoms with Crippen molar-refractivity contribution in [2.45, 2.75) is 11.8 Å². The quantitative estimate of drug-likeness (QED) is 0.602. The van der Waals surface area contributed by atoms with E-state index in [4.69, 9.17) is 11.6 Å². The normalized spacial score (nSPS) is 21.3. The smallest absolute Gasteiger partial charge is 0.0657 e. The molecule has 4 heteroatoms. The van der Waals surface area contributed by atoms with Gasteiger partial charge in [0.25, 0.3) is 0 Å². The van der Waals surface area contributed by atoms with Gasteiger partial charge in [-0.25, -0.2) is 5.54 Å². The van der Waals surface area contributed by atoms with E-state index in [1.807, 2.05) is 12.1 Å². The van der Waals surface area contributed by atoms with Crippen LogP contribution >= 0.6 is 11.6 Å². The lowest BCUT2D eigenvalue weighted by atomic mass is 10.2. The lowest BCUT2D eigenvalue weighted by Crippen LogP contribution is -2.19. The number of rotatable bonds is 2. The molecule has 0 amide bonds. The summed E-state index contributed by atoms with van der Waals surface area (Å²) in [6.45, 7) is 1.86. The maximum absolute atomic E-state index is 12.0. The van der Waals surface area contributed by atoms with Gasteiger partial charge in [0.1, 0.15) is 0 Å². The van der Waals surface area contributed by atoms with Gasteiger partial charge in [-0.3, -0.25) is 0 Å². The summed E-state index contributed by atoms with van der Waals surface area (Å²) in [6, 6.07) is 7.24. The van der Waals surface area contributed by atoms with Gasteiger partial charge in [-0.1, -0.05) is 0 Å². The Hall–Kier alpha value is -0.960. The molecule has 0 bridgehead atoms. The molecule has 1 atom stereocenters. The minimum Gasteiger partial charge on any atom is -0.370 e. The van der Waals surface area contributed by atoms with Gasteiger partial charge in [0.15, 0.2) is 0 Å². The van der Waals surface area contributed by atoms with Gasteiger partial charge in [-0.05, 0) is 30.7 Å². The van der Waals surface area contributed by atoms with Crippen LogP contribution in [0.15, 0.2) is 24.3 Å². The Bertz CT molecular complexity index is 301. The van der Waals surface area contributed by atoms with Crippen LogP contribution in [0, 0.1) is 0 Å². The molecule has 1 N–H and O–H groups in total. The highest BCUT2D eigenvalue weighted by atomic mass is 35.5. The number of nitrogens with zero attached hydrogens (tertiary/aromatic N) is 1.